The van der Waals surface area contributed by atoms with Gasteiger partial charge >= 0.3 is 5.97 Å². The van der Waals surface area contributed by atoms with Crippen molar-refractivity contribution < 1.29 is 28.6 Å². The van der Waals surface area contributed by atoms with Crippen LogP contribution in [0.2, 0.25) is 0 Å². The van der Waals surface area contributed by atoms with Gasteiger partial charge in [0.15, 0.2) is 11.0 Å². The summed E-state index contributed by atoms with van der Waals surface area (Å²) in [6.45, 7) is 2.59. The molecule has 2 amide bonds. The van der Waals surface area contributed by atoms with Crippen LogP contribution in [-0.2, 0) is 35.5 Å². The summed E-state index contributed by atoms with van der Waals surface area (Å²) in [7, 11) is 3.05. The Kier molecular flexibility index (Phi) is 10.7. The van der Waals surface area contributed by atoms with E-state index in [0.29, 0.717) is 45.2 Å². The Balaban J connectivity index is 1.31. The Morgan fingerprint density at radius 3 is 2.44 bits per heavy atom. The van der Waals surface area contributed by atoms with Gasteiger partial charge in [-0.15, -0.1) is 21.5 Å². The largest absolute Gasteiger partial charge is 0.497 e. The molecule has 2 aromatic heterocycles. The average Bonchev–Trinajstić information content (AvgIpc) is 3.62. The lowest BCUT2D eigenvalue weighted by molar-refractivity contribution is -0.113. The number of aryl methyl sites for hydroxylation is 1. The van der Waals surface area contributed by atoms with Gasteiger partial charge in [0, 0.05) is 16.5 Å². The highest BCUT2D eigenvalue weighted by Gasteiger charge is 2.27. The Morgan fingerprint density at radius 2 is 1.73 bits per heavy atom. The fourth-order valence-corrected chi connectivity index (χ4v) is 7.10. The second-order valence-corrected chi connectivity index (χ2v) is 12.3. The molecule has 0 radical (unpaired) electrons. The number of nitrogens with one attached hydrogen (secondary N) is 2. The third-order valence-corrected chi connectivity index (χ3v) is 9.41. The van der Waals surface area contributed by atoms with Crippen LogP contribution in [0, 0.1) is 0 Å². The minimum atomic E-state index is -0.401. The van der Waals surface area contributed by atoms with Crippen molar-refractivity contribution in [3.63, 3.8) is 0 Å². The molecule has 0 saturated carbocycles. The molecule has 2 heterocycles. The van der Waals surface area contributed by atoms with Crippen LogP contribution < -0.4 is 20.1 Å². The SMILES string of the molecule is CCOC(=O)c1c(NC(=O)CSc2nnc(CNC(=O)c3cc(OC)cc(OC)c3)n2Cc2ccccc2)sc2c1CCCC2. The molecule has 2 N–H and O–H groups in total. The van der Waals surface area contributed by atoms with Gasteiger partial charge < -0.3 is 29.4 Å². The minimum absolute atomic E-state index is 0.0493. The topological polar surface area (TPSA) is 134 Å². The first-order valence-corrected chi connectivity index (χ1v) is 16.4. The minimum Gasteiger partial charge on any atom is -0.497 e. The fraction of sp³-hybridized carbons (Fsp3) is 0.344. The van der Waals surface area contributed by atoms with E-state index < -0.39 is 5.97 Å². The first-order chi connectivity index (χ1) is 21.9. The summed E-state index contributed by atoms with van der Waals surface area (Å²) < 4.78 is 17.8. The number of carbonyl (C=O) groups is 3. The third kappa shape index (κ3) is 7.84. The fourth-order valence-electron chi connectivity index (χ4n) is 5.05. The Hall–Kier alpha value is -4.36. The number of methoxy groups -OCH3 is 2. The summed E-state index contributed by atoms with van der Waals surface area (Å²) in [6.07, 6.45) is 3.77. The van der Waals surface area contributed by atoms with E-state index in [0.717, 1.165) is 41.7 Å². The van der Waals surface area contributed by atoms with Gasteiger partial charge in [-0.2, -0.15) is 0 Å². The molecule has 4 aromatic rings. The van der Waals surface area contributed by atoms with E-state index in [1.807, 2.05) is 34.9 Å². The van der Waals surface area contributed by atoms with E-state index in [1.165, 1.54) is 37.3 Å². The molecule has 0 unspecified atom stereocenters. The van der Waals surface area contributed by atoms with Crippen LogP contribution in [0.3, 0.4) is 0 Å². The average molecular weight is 650 g/mol. The Bertz CT molecular complexity index is 1650. The number of hydrogen-bond acceptors (Lipinski definition) is 10. The summed E-state index contributed by atoms with van der Waals surface area (Å²) >= 11 is 2.69. The van der Waals surface area contributed by atoms with Gasteiger partial charge in [-0.1, -0.05) is 42.1 Å². The number of ether oxygens (including phenoxy) is 3. The highest BCUT2D eigenvalue weighted by molar-refractivity contribution is 7.99. The van der Waals surface area contributed by atoms with Gasteiger partial charge in [0.2, 0.25) is 5.91 Å². The lowest BCUT2D eigenvalue weighted by atomic mass is 9.95. The molecule has 0 atom stereocenters. The van der Waals surface area contributed by atoms with Gasteiger partial charge in [0.05, 0.1) is 45.2 Å². The number of fused-ring (bicyclic) bond motifs is 1. The number of carbonyl (C=O) groups excluding carboxylic acids is 3. The molecule has 13 heteroatoms. The summed E-state index contributed by atoms with van der Waals surface area (Å²) in [6, 6.07) is 14.7. The van der Waals surface area contributed by atoms with Gasteiger partial charge in [0.1, 0.15) is 16.5 Å². The van der Waals surface area contributed by atoms with Crippen molar-refractivity contribution >= 4 is 45.9 Å². The van der Waals surface area contributed by atoms with Crippen LogP contribution in [0.4, 0.5) is 5.00 Å². The maximum absolute atomic E-state index is 13.2. The van der Waals surface area contributed by atoms with Crippen LogP contribution in [0.25, 0.3) is 0 Å². The van der Waals surface area contributed by atoms with E-state index in [2.05, 4.69) is 20.8 Å². The first kappa shape index (κ1) is 32.0. The van der Waals surface area contributed by atoms with Crippen LogP contribution in [-0.4, -0.2) is 59.1 Å². The lowest BCUT2D eigenvalue weighted by Crippen LogP contribution is -2.25. The molecule has 0 fully saturated rings. The summed E-state index contributed by atoms with van der Waals surface area (Å²) in [5.74, 6) is 0.586. The monoisotopic (exact) mass is 649 g/mol. The standard InChI is InChI=1S/C32H35N5O6S2/c1-4-43-31(40)28-24-12-8-9-13-25(24)45-30(28)34-27(38)19-44-32-36-35-26(37(32)18-20-10-6-5-7-11-20)17-33-29(39)21-14-22(41-2)16-23(15-21)42-3/h5-7,10-11,14-16H,4,8-9,12-13,17-19H2,1-3H3,(H,33,39)(H,34,38). The summed E-state index contributed by atoms with van der Waals surface area (Å²) in [5, 5.41) is 15.6. The molecule has 11 nitrogen and oxygen atoms in total. The second-order valence-electron chi connectivity index (χ2n) is 10.2. The number of thioether (sulfide) groups is 1. The second kappa shape index (κ2) is 15.1. The van der Waals surface area contributed by atoms with E-state index in [-0.39, 0.29) is 30.7 Å². The van der Waals surface area contributed by atoms with Crippen molar-refractivity contribution in [3.8, 4) is 11.5 Å². The Morgan fingerprint density at radius 1 is 1.00 bits per heavy atom. The van der Waals surface area contributed by atoms with E-state index in [4.69, 9.17) is 14.2 Å². The van der Waals surface area contributed by atoms with Gasteiger partial charge in [-0.25, -0.2) is 4.79 Å². The van der Waals surface area contributed by atoms with Gasteiger partial charge in [-0.3, -0.25) is 9.59 Å². The maximum Gasteiger partial charge on any atom is 0.341 e. The van der Waals surface area contributed by atoms with E-state index >= 15 is 0 Å². The van der Waals surface area contributed by atoms with Crippen molar-refractivity contribution in [1.82, 2.24) is 20.1 Å². The van der Waals surface area contributed by atoms with Crippen molar-refractivity contribution in [3.05, 3.63) is 81.5 Å². The van der Waals surface area contributed by atoms with Crippen molar-refractivity contribution in [2.24, 2.45) is 0 Å². The number of aromatic nitrogens is 3. The number of nitrogens with zero attached hydrogens (tertiary/aromatic N) is 3. The zero-order valence-electron chi connectivity index (χ0n) is 25.4. The zero-order chi connectivity index (χ0) is 31.8. The number of rotatable bonds is 13. The van der Waals surface area contributed by atoms with Crippen LogP contribution in [0.5, 0.6) is 11.5 Å². The van der Waals surface area contributed by atoms with Crippen molar-refractivity contribution in [2.75, 3.05) is 31.9 Å². The van der Waals surface area contributed by atoms with E-state index in [9.17, 15) is 14.4 Å². The highest BCUT2D eigenvalue weighted by atomic mass is 32.2. The molecule has 0 bridgehead atoms. The third-order valence-electron chi connectivity index (χ3n) is 7.23. The molecule has 45 heavy (non-hydrogen) atoms. The number of benzene rings is 2. The van der Waals surface area contributed by atoms with Crippen LogP contribution in [0.1, 0.15) is 62.3 Å². The number of hydrogen-bond donors (Lipinski definition) is 2. The normalized spacial score (nSPS) is 12.2. The molecule has 0 spiro atoms. The predicted octanol–water partition coefficient (Wildman–Crippen LogP) is 5.12. The van der Waals surface area contributed by atoms with Gasteiger partial charge in [-0.05, 0) is 55.9 Å². The highest BCUT2D eigenvalue weighted by Crippen LogP contribution is 2.38. The zero-order valence-corrected chi connectivity index (χ0v) is 27.0. The number of esters is 1. The molecule has 5 rings (SSSR count). The van der Waals surface area contributed by atoms with Crippen LogP contribution >= 0.6 is 23.1 Å². The smallest absolute Gasteiger partial charge is 0.341 e. The first-order valence-electron chi connectivity index (χ1n) is 14.6. The number of anilines is 1. The lowest BCUT2D eigenvalue weighted by Gasteiger charge is -2.13. The molecule has 0 saturated heterocycles. The van der Waals surface area contributed by atoms with Gasteiger partial charge in [0.25, 0.3) is 5.91 Å². The Labute approximate surface area is 269 Å². The molecule has 236 valence electrons. The summed E-state index contributed by atoms with van der Waals surface area (Å²) in [4.78, 5) is 40.2. The quantitative estimate of drug-likeness (QED) is 0.150. The van der Waals surface area contributed by atoms with E-state index in [1.54, 1.807) is 25.1 Å². The molecule has 1 aliphatic rings. The summed E-state index contributed by atoms with van der Waals surface area (Å²) in [5.41, 5.74) is 2.86. The van der Waals surface area contributed by atoms with Crippen molar-refractivity contribution in [1.29, 1.82) is 0 Å². The molecule has 1 aliphatic carbocycles. The molecular formula is C32H35N5O6S2. The number of thiophene rings is 1. The number of amides is 2. The molecule has 0 aliphatic heterocycles. The molecule has 2 aromatic carbocycles. The van der Waals surface area contributed by atoms with Crippen molar-refractivity contribution in [2.45, 2.75) is 50.9 Å². The molecular weight excluding hydrogens is 615 g/mol. The van der Waals surface area contributed by atoms with Crippen LogP contribution in [0.15, 0.2) is 53.7 Å². The maximum atomic E-state index is 13.2. The predicted molar refractivity (Wildman–Crippen MR) is 173 cm³/mol.